The first-order valence-electron chi connectivity index (χ1n) is 9.81. The molecule has 0 unspecified atom stereocenters. The molecule has 0 aliphatic rings. The number of aromatic nitrogens is 3. The van der Waals surface area contributed by atoms with Gasteiger partial charge in [-0.3, -0.25) is 0 Å². The van der Waals surface area contributed by atoms with Crippen LogP contribution >= 0.6 is 22.9 Å². The van der Waals surface area contributed by atoms with E-state index in [2.05, 4.69) is 15.3 Å². The summed E-state index contributed by atoms with van der Waals surface area (Å²) in [4.78, 5) is 9.70. The predicted molar refractivity (Wildman–Crippen MR) is 123 cm³/mol. The second-order valence-corrected chi connectivity index (χ2v) is 8.19. The highest BCUT2D eigenvalue weighted by atomic mass is 35.5. The van der Waals surface area contributed by atoms with Crippen LogP contribution in [0.1, 0.15) is 12.6 Å². The number of thiophene rings is 1. The Labute approximate surface area is 188 Å². The van der Waals surface area contributed by atoms with Gasteiger partial charge in [-0.2, -0.15) is 0 Å². The smallest absolute Gasteiger partial charge is 0.167 e. The minimum Gasteiger partial charge on any atom is -0.493 e. The molecule has 0 aliphatic carbocycles. The first-order chi connectivity index (χ1) is 15.0. The zero-order valence-electron chi connectivity index (χ0n) is 17.4. The van der Waals surface area contributed by atoms with Crippen molar-refractivity contribution in [3.63, 3.8) is 0 Å². The number of rotatable bonds is 8. The SMILES string of the molecule is CCOc1csc(-c2cc(NCCn3c(C)cc4c(OC)c(F)cc(Cl)c43)ncn2)c1. The lowest BCUT2D eigenvalue weighted by molar-refractivity contribution is 0.342. The van der Waals surface area contributed by atoms with Gasteiger partial charge in [0, 0.05) is 41.7 Å². The minimum absolute atomic E-state index is 0.206. The molecule has 6 nitrogen and oxygen atoms in total. The third-order valence-corrected chi connectivity index (χ3v) is 6.12. The van der Waals surface area contributed by atoms with Gasteiger partial charge in [0.15, 0.2) is 11.6 Å². The van der Waals surface area contributed by atoms with Crippen molar-refractivity contribution in [1.82, 2.24) is 14.5 Å². The molecule has 162 valence electrons. The lowest BCUT2D eigenvalue weighted by atomic mass is 10.2. The van der Waals surface area contributed by atoms with Crippen molar-refractivity contribution in [3.05, 3.63) is 52.5 Å². The van der Waals surface area contributed by atoms with E-state index in [1.165, 1.54) is 13.2 Å². The maximum atomic E-state index is 14.2. The number of fused-ring (bicyclic) bond motifs is 1. The van der Waals surface area contributed by atoms with Gasteiger partial charge in [0.2, 0.25) is 0 Å². The molecule has 0 spiro atoms. The number of halogens is 2. The van der Waals surface area contributed by atoms with E-state index in [0.29, 0.717) is 30.1 Å². The Kier molecular flexibility index (Phi) is 6.29. The van der Waals surface area contributed by atoms with Crippen LogP contribution in [0.2, 0.25) is 5.02 Å². The molecule has 0 atom stereocenters. The van der Waals surface area contributed by atoms with Crippen LogP contribution in [-0.4, -0.2) is 34.8 Å². The largest absolute Gasteiger partial charge is 0.493 e. The molecular formula is C22H22ClFN4O2S. The Morgan fingerprint density at radius 3 is 2.84 bits per heavy atom. The van der Waals surface area contributed by atoms with E-state index >= 15 is 0 Å². The molecule has 0 radical (unpaired) electrons. The second kappa shape index (κ2) is 9.11. The van der Waals surface area contributed by atoms with Crippen molar-refractivity contribution in [2.45, 2.75) is 20.4 Å². The highest BCUT2D eigenvalue weighted by Crippen LogP contribution is 2.36. The van der Waals surface area contributed by atoms with E-state index in [9.17, 15) is 4.39 Å². The molecular weight excluding hydrogens is 439 g/mol. The Morgan fingerprint density at radius 1 is 1.23 bits per heavy atom. The summed E-state index contributed by atoms with van der Waals surface area (Å²) >= 11 is 7.93. The molecule has 4 rings (SSSR count). The van der Waals surface area contributed by atoms with Crippen LogP contribution in [0.5, 0.6) is 11.5 Å². The van der Waals surface area contributed by atoms with E-state index in [1.807, 2.05) is 42.0 Å². The maximum Gasteiger partial charge on any atom is 0.167 e. The average molecular weight is 461 g/mol. The normalized spacial score (nSPS) is 11.1. The summed E-state index contributed by atoms with van der Waals surface area (Å²) in [5.74, 6) is 1.30. The van der Waals surface area contributed by atoms with Crippen LogP contribution in [0, 0.1) is 12.7 Å². The fourth-order valence-corrected chi connectivity index (χ4v) is 4.65. The van der Waals surface area contributed by atoms with Crippen LogP contribution < -0.4 is 14.8 Å². The molecule has 3 aromatic heterocycles. The zero-order valence-corrected chi connectivity index (χ0v) is 19.0. The Balaban J connectivity index is 1.51. The molecule has 0 fully saturated rings. The first-order valence-corrected chi connectivity index (χ1v) is 11.1. The van der Waals surface area contributed by atoms with Gasteiger partial charge in [-0.1, -0.05) is 11.6 Å². The summed E-state index contributed by atoms with van der Waals surface area (Å²) < 4.78 is 27.0. The van der Waals surface area contributed by atoms with Gasteiger partial charge in [0.25, 0.3) is 0 Å². The van der Waals surface area contributed by atoms with Crippen molar-refractivity contribution < 1.29 is 13.9 Å². The number of aryl methyl sites for hydroxylation is 1. The van der Waals surface area contributed by atoms with Crippen LogP contribution in [-0.2, 0) is 6.54 Å². The fourth-order valence-electron chi connectivity index (χ4n) is 3.56. The standard InChI is InChI=1S/C22H22ClFN4O2S/c1-4-30-14-8-19(31-11-14)18-10-20(27-12-26-18)25-5-6-28-13(2)7-15-21(28)16(23)9-17(24)22(15)29-3/h7-12H,4-6H2,1-3H3,(H,25,26,27). The van der Waals surface area contributed by atoms with E-state index in [-0.39, 0.29) is 5.75 Å². The molecule has 0 amide bonds. The molecule has 4 aromatic rings. The van der Waals surface area contributed by atoms with Crippen LogP contribution in [0.3, 0.4) is 0 Å². The van der Waals surface area contributed by atoms with Crippen LogP contribution in [0.4, 0.5) is 10.2 Å². The number of anilines is 1. The van der Waals surface area contributed by atoms with Crippen molar-refractivity contribution in [1.29, 1.82) is 0 Å². The van der Waals surface area contributed by atoms with E-state index in [0.717, 1.165) is 33.3 Å². The molecule has 0 saturated heterocycles. The second-order valence-electron chi connectivity index (χ2n) is 6.87. The number of hydrogen-bond donors (Lipinski definition) is 1. The van der Waals surface area contributed by atoms with Crippen molar-refractivity contribution >= 4 is 39.7 Å². The third-order valence-electron chi connectivity index (χ3n) is 4.90. The molecule has 0 bridgehead atoms. The third kappa shape index (κ3) is 4.31. The van der Waals surface area contributed by atoms with E-state index < -0.39 is 5.82 Å². The monoisotopic (exact) mass is 460 g/mol. The summed E-state index contributed by atoms with van der Waals surface area (Å²) in [5.41, 5.74) is 2.55. The van der Waals surface area contributed by atoms with Gasteiger partial charge in [0.1, 0.15) is 17.9 Å². The number of nitrogens with one attached hydrogen (secondary N) is 1. The summed E-state index contributed by atoms with van der Waals surface area (Å²) in [5, 5.41) is 6.32. The van der Waals surface area contributed by atoms with Gasteiger partial charge in [-0.15, -0.1) is 11.3 Å². The number of nitrogens with zero attached hydrogens (tertiary/aromatic N) is 3. The predicted octanol–water partition coefficient (Wildman–Crippen LogP) is 5.78. The fraction of sp³-hybridized carbons (Fsp3) is 0.273. The van der Waals surface area contributed by atoms with Crippen LogP contribution in [0.15, 0.2) is 36.0 Å². The highest BCUT2D eigenvalue weighted by Gasteiger charge is 2.17. The topological polar surface area (TPSA) is 61.2 Å². The maximum absolute atomic E-state index is 14.2. The average Bonchev–Trinajstić information content (AvgIpc) is 3.34. The molecule has 31 heavy (non-hydrogen) atoms. The molecule has 1 N–H and O–H groups in total. The quantitative estimate of drug-likeness (QED) is 0.361. The molecule has 9 heteroatoms. The number of methoxy groups -OCH3 is 1. The Morgan fingerprint density at radius 2 is 2.06 bits per heavy atom. The van der Waals surface area contributed by atoms with Crippen molar-refractivity contribution in [2.24, 2.45) is 0 Å². The molecule has 1 aromatic carbocycles. The highest BCUT2D eigenvalue weighted by molar-refractivity contribution is 7.13. The number of benzene rings is 1. The van der Waals surface area contributed by atoms with E-state index in [1.54, 1.807) is 17.7 Å². The lowest BCUT2D eigenvalue weighted by Crippen LogP contribution is -2.12. The van der Waals surface area contributed by atoms with Gasteiger partial charge in [-0.25, -0.2) is 14.4 Å². The summed E-state index contributed by atoms with van der Waals surface area (Å²) in [6.45, 7) is 5.77. The van der Waals surface area contributed by atoms with Crippen LogP contribution in [0.25, 0.3) is 21.5 Å². The Hall–Kier alpha value is -2.84. The lowest BCUT2D eigenvalue weighted by Gasteiger charge is -2.12. The minimum atomic E-state index is -0.468. The number of hydrogen-bond acceptors (Lipinski definition) is 6. The van der Waals surface area contributed by atoms with Crippen molar-refractivity contribution in [3.8, 4) is 22.1 Å². The van der Waals surface area contributed by atoms with Gasteiger partial charge in [-0.05, 0) is 26.0 Å². The van der Waals surface area contributed by atoms with Gasteiger partial charge < -0.3 is 19.4 Å². The zero-order chi connectivity index (χ0) is 22.0. The van der Waals surface area contributed by atoms with Crippen molar-refractivity contribution in [2.75, 3.05) is 25.6 Å². The van der Waals surface area contributed by atoms with Gasteiger partial charge >= 0.3 is 0 Å². The number of ether oxygens (including phenoxy) is 2. The summed E-state index contributed by atoms with van der Waals surface area (Å²) in [7, 11) is 1.46. The summed E-state index contributed by atoms with van der Waals surface area (Å²) in [6, 6.07) is 7.07. The molecule has 3 heterocycles. The Bertz CT molecular complexity index is 1220. The first kappa shape index (κ1) is 21.4. The molecule has 0 saturated carbocycles. The molecule has 0 aliphatic heterocycles. The van der Waals surface area contributed by atoms with Gasteiger partial charge in [0.05, 0.1) is 34.8 Å². The van der Waals surface area contributed by atoms with E-state index in [4.69, 9.17) is 21.1 Å². The summed E-state index contributed by atoms with van der Waals surface area (Å²) in [6.07, 6.45) is 1.54.